The first-order chi connectivity index (χ1) is 9.91. The lowest BCUT2D eigenvalue weighted by Crippen LogP contribution is -2.25. The molecule has 0 saturated carbocycles. The number of nitrogens with zero attached hydrogens (tertiary/aromatic N) is 2. The van der Waals surface area contributed by atoms with Gasteiger partial charge in [-0.25, -0.2) is 0 Å². The fraction of sp³-hybridized carbons (Fsp3) is 0.357. The van der Waals surface area contributed by atoms with E-state index in [1.807, 2.05) is 11.9 Å². The number of alkyl halides is 3. The molecular formula is C14H17F3N4. The number of hydrogen-bond donors (Lipinski definition) is 2. The summed E-state index contributed by atoms with van der Waals surface area (Å²) in [4.78, 5) is 1.99. The maximum absolute atomic E-state index is 12.8. The number of halogens is 3. The molecule has 1 aromatic carbocycles. The minimum Gasteiger partial charge on any atom is -0.329 e. The van der Waals surface area contributed by atoms with Gasteiger partial charge in [0.15, 0.2) is 0 Å². The van der Waals surface area contributed by atoms with E-state index in [4.69, 9.17) is 5.73 Å². The number of rotatable bonds is 5. The number of aromatic nitrogens is 2. The molecule has 0 bridgehead atoms. The molecule has 3 N–H and O–H groups in total. The summed E-state index contributed by atoms with van der Waals surface area (Å²) in [5, 5.41) is 6.71. The first kappa shape index (κ1) is 15.5. The molecule has 2 aromatic rings. The van der Waals surface area contributed by atoms with Gasteiger partial charge in [0.05, 0.1) is 17.5 Å². The zero-order valence-electron chi connectivity index (χ0n) is 11.6. The molecule has 0 fully saturated rings. The van der Waals surface area contributed by atoms with Gasteiger partial charge in [0, 0.05) is 30.8 Å². The van der Waals surface area contributed by atoms with Gasteiger partial charge in [-0.15, -0.1) is 0 Å². The molecular weight excluding hydrogens is 281 g/mol. The maximum atomic E-state index is 12.8. The maximum Gasteiger partial charge on any atom is 0.416 e. The third-order valence-electron chi connectivity index (χ3n) is 3.15. The Morgan fingerprint density at radius 2 is 2.10 bits per heavy atom. The van der Waals surface area contributed by atoms with Crippen LogP contribution in [0.15, 0.2) is 30.5 Å². The standard InChI is InChI=1S/C14H17F3N4/c1-21(6-5-18)9-11-8-19-20-13(11)10-3-2-4-12(7-10)14(15,16)17/h2-4,7-8H,5-6,9,18H2,1H3,(H,19,20). The molecule has 1 heterocycles. The van der Waals surface area contributed by atoms with Crippen molar-refractivity contribution in [3.63, 3.8) is 0 Å². The van der Waals surface area contributed by atoms with Crippen LogP contribution >= 0.6 is 0 Å². The quantitative estimate of drug-likeness (QED) is 0.891. The van der Waals surface area contributed by atoms with Crippen molar-refractivity contribution in [1.82, 2.24) is 15.1 Å². The van der Waals surface area contributed by atoms with Crippen LogP contribution in [-0.2, 0) is 12.7 Å². The highest BCUT2D eigenvalue weighted by Crippen LogP contribution is 2.32. The number of benzene rings is 1. The number of hydrogen-bond acceptors (Lipinski definition) is 3. The predicted octanol–water partition coefficient (Wildman–Crippen LogP) is 2.49. The van der Waals surface area contributed by atoms with Gasteiger partial charge in [-0.1, -0.05) is 12.1 Å². The van der Waals surface area contributed by atoms with Crippen LogP contribution in [-0.4, -0.2) is 35.2 Å². The fourth-order valence-corrected chi connectivity index (χ4v) is 2.12. The first-order valence-electron chi connectivity index (χ1n) is 6.50. The first-order valence-corrected chi connectivity index (χ1v) is 6.50. The minimum absolute atomic E-state index is 0.471. The Balaban J connectivity index is 2.29. The van der Waals surface area contributed by atoms with Crippen molar-refractivity contribution in [3.8, 4) is 11.3 Å². The largest absolute Gasteiger partial charge is 0.416 e. The summed E-state index contributed by atoms with van der Waals surface area (Å²) in [6, 6.07) is 5.21. The van der Waals surface area contributed by atoms with Crippen molar-refractivity contribution < 1.29 is 13.2 Å². The summed E-state index contributed by atoms with van der Waals surface area (Å²) in [7, 11) is 1.90. The highest BCUT2D eigenvalue weighted by molar-refractivity contribution is 5.63. The minimum atomic E-state index is -4.35. The van der Waals surface area contributed by atoms with Gasteiger partial charge in [0.2, 0.25) is 0 Å². The molecule has 1 aromatic heterocycles. The lowest BCUT2D eigenvalue weighted by molar-refractivity contribution is -0.137. The average Bonchev–Trinajstić information content (AvgIpc) is 2.86. The molecule has 21 heavy (non-hydrogen) atoms. The molecule has 0 aliphatic carbocycles. The smallest absolute Gasteiger partial charge is 0.329 e. The van der Waals surface area contributed by atoms with E-state index in [1.54, 1.807) is 12.3 Å². The summed E-state index contributed by atoms with van der Waals surface area (Å²) in [6.07, 6.45) is -2.73. The van der Waals surface area contributed by atoms with Crippen molar-refractivity contribution in [2.45, 2.75) is 12.7 Å². The number of aromatic amines is 1. The number of H-pyrrole nitrogens is 1. The monoisotopic (exact) mass is 298 g/mol. The molecule has 0 radical (unpaired) electrons. The second-order valence-electron chi connectivity index (χ2n) is 4.88. The van der Waals surface area contributed by atoms with Crippen molar-refractivity contribution in [2.75, 3.05) is 20.1 Å². The Labute approximate surface area is 120 Å². The molecule has 7 heteroatoms. The topological polar surface area (TPSA) is 57.9 Å². The SMILES string of the molecule is CN(CCN)Cc1cn[nH]c1-c1cccc(C(F)(F)F)c1. The molecule has 4 nitrogen and oxygen atoms in total. The molecule has 0 aliphatic heterocycles. The van der Waals surface area contributed by atoms with Gasteiger partial charge < -0.3 is 10.6 Å². The normalized spacial score (nSPS) is 12.1. The van der Waals surface area contributed by atoms with E-state index in [0.717, 1.165) is 17.7 Å². The van der Waals surface area contributed by atoms with Crippen LogP contribution in [0.3, 0.4) is 0 Å². The number of likely N-dealkylation sites (N-methyl/N-ethyl adjacent to an activating group) is 1. The molecule has 2 rings (SSSR count). The summed E-state index contributed by atoms with van der Waals surface area (Å²) < 4.78 is 38.3. The van der Waals surface area contributed by atoms with E-state index in [2.05, 4.69) is 10.2 Å². The molecule has 0 spiro atoms. The lowest BCUT2D eigenvalue weighted by Gasteiger charge is -2.15. The Morgan fingerprint density at radius 3 is 2.76 bits per heavy atom. The van der Waals surface area contributed by atoms with E-state index in [9.17, 15) is 13.2 Å². The molecule has 114 valence electrons. The highest BCUT2D eigenvalue weighted by atomic mass is 19.4. The van der Waals surface area contributed by atoms with E-state index in [0.29, 0.717) is 30.9 Å². The second-order valence-corrected chi connectivity index (χ2v) is 4.88. The summed E-state index contributed by atoms with van der Waals surface area (Å²) in [6.45, 7) is 1.79. The second kappa shape index (κ2) is 6.28. The van der Waals surface area contributed by atoms with Crippen LogP contribution in [0.25, 0.3) is 11.3 Å². The van der Waals surface area contributed by atoms with Crippen LogP contribution in [0.2, 0.25) is 0 Å². The average molecular weight is 298 g/mol. The third-order valence-corrected chi connectivity index (χ3v) is 3.15. The van der Waals surface area contributed by atoms with Gasteiger partial charge in [-0.05, 0) is 19.2 Å². The van der Waals surface area contributed by atoms with E-state index >= 15 is 0 Å². The Kier molecular flexibility index (Phi) is 4.64. The van der Waals surface area contributed by atoms with Gasteiger partial charge in [-0.3, -0.25) is 5.10 Å². The molecule has 0 unspecified atom stereocenters. The number of nitrogens with one attached hydrogen (secondary N) is 1. The third kappa shape index (κ3) is 3.83. The Bertz CT molecular complexity index is 592. The van der Waals surface area contributed by atoms with Crippen molar-refractivity contribution in [2.24, 2.45) is 5.73 Å². The van der Waals surface area contributed by atoms with Crippen LogP contribution in [0.4, 0.5) is 13.2 Å². The van der Waals surface area contributed by atoms with Crippen LogP contribution in [0.5, 0.6) is 0 Å². The van der Waals surface area contributed by atoms with E-state index in [-0.39, 0.29) is 0 Å². The summed E-state index contributed by atoms with van der Waals surface area (Å²) in [5.74, 6) is 0. The van der Waals surface area contributed by atoms with E-state index < -0.39 is 11.7 Å². The summed E-state index contributed by atoms with van der Waals surface area (Å²) >= 11 is 0. The Morgan fingerprint density at radius 1 is 1.33 bits per heavy atom. The molecule has 0 aliphatic rings. The van der Waals surface area contributed by atoms with Gasteiger partial charge >= 0.3 is 6.18 Å². The van der Waals surface area contributed by atoms with Crippen molar-refractivity contribution in [1.29, 1.82) is 0 Å². The zero-order valence-corrected chi connectivity index (χ0v) is 11.6. The zero-order chi connectivity index (χ0) is 15.5. The van der Waals surface area contributed by atoms with E-state index in [1.165, 1.54) is 6.07 Å². The van der Waals surface area contributed by atoms with Gasteiger partial charge in [-0.2, -0.15) is 18.3 Å². The summed E-state index contributed by atoms with van der Waals surface area (Å²) in [5.41, 5.74) is 6.73. The molecule has 0 saturated heterocycles. The molecule has 0 atom stereocenters. The number of nitrogens with two attached hydrogens (primary N) is 1. The van der Waals surface area contributed by atoms with Crippen LogP contribution in [0.1, 0.15) is 11.1 Å². The van der Waals surface area contributed by atoms with Crippen LogP contribution in [0, 0.1) is 0 Å². The predicted molar refractivity (Wildman–Crippen MR) is 74.4 cm³/mol. The van der Waals surface area contributed by atoms with Crippen molar-refractivity contribution >= 4 is 0 Å². The van der Waals surface area contributed by atoms with Crippen molar-refractivity contribution in [3.05, 3.63) is 41.6 Å². The van der Waals surface area contributed by atoms with Gasteiger partial charge in [0.25, 0.3) is 0 Å². The molecule has 0 amide bonds. The Hall–Kier alpha value is -1.86. The highest BCUT2D eigenvalue weighted by Gasteiger charge is 2.30. The lowest BCUT2D eigenvalue weighted by atomic mass is 10.0. The fourth-order valence-electron chi connectivity index (χ4n) is 2.12. The van der Waals surface area contributed by atoms with Gasteiger partial charge in [0.1, 0.15) is 0 Å². The van der Waals surface area contributed by atoms with Crippen LogP contribution < -0.4 is 5.73 Å².